The van der Waals surface area contributed by atoms with Crippen LogP contribution in [0.5, 0.6) is 0 Å². The zero-order chi connectivity index (χ0) is 21.6. The van der Waals surface area contributed by atoms with E-state index in [-0.39, 0.29) is 6.07 Å². The summed E-state index contributed by atoms with van der Waals surface area (Å²) in [6.07, 6.45) is -20.5. The van der Waals surface area contributed by atoms with Gasteiger partial charge in [0.25, 0.3) is 0 Å². The zero-order valence-corrected chi connectivity index (χ0v) is 13.6. The monoisotopic (exact) mass is 485 g/mol. The maximum absolute atomic E-state index is 14.0. The molecule has 0 aliphatic rings. The van der Waals surface area contributed by atoms with E-state index in [4.69, 9.17) is 0 Å². The number of hydrogen-bond acceptors (Lipinski definition) is 1. The molecule has 0 fully saturated rings. The lowest BCUT2D eigenvalue weighted by atomic mass is 9.90. The van der Waals surface area contributed by atoms with Crippen LogP contribution in [0.15, 0.2) is 16.6 Å². The molecule has 0 aliphatic heterocycles. The topological polar surface area (TPSA) is 29.1 Å². The maximum atomic E-state index is 14.0. The molecule has 0 aromatic heterocycles. The summed E-state index contributed by atoms with van der Waals surface area (Å²) >= 11 is 2.16. The van der Waals surface area contributed by atoms with Crippen LogP contribution in [0.2, 0.25) is 0 Å². The first-order valence-electron chi connectivity index (χ1n) is 6.14. The van der Waals surface area contributed by atoms with Crippen LogP contribution in [-0.2, 0) is 16.4 Å². The minimum Gasteiger partial charge on any atom is -0.327 e. The Labute approximate surface area is 149 Å². The third-order valence-corrected chi connectivity index (χ3v) is 3.79. The molecule has 0 atom stereocenters. The Balaban J connectivity index is 3.98. The number of alkyl halides is 12. The molecule has 0 bridgehead atoms. The van der Waals surface area contributed by atoms with Gasteiger partial charge in [0.2, 0.25) is 6.41 Å². The van der Waals surface area contributed by atoms with E-state index in [1.54, 1.807) is 0 Å². The fourth-order valence-electron chi connectivity index (χ4n) is 1.90. The minimum absolute atomic E-state index is 0.317. The molecule has 0 heterocycles. The predicted molar refractivity (Wildman–Crippen MR) is 68.7 cm³/mol. The fraction of sp³-hybridized carbons (Fsp3) is 0.417. The third kappa shape index (κ3) is 3.82. The summed E-state index contributed by atoms with van der Waals surface area (Å²) in [5.41, 5.74) is -12.9. The van der Waals surface area contributed by atoms with Crippen molar-refractivity contribution in [3.63, 3.8) is 0 Å². The van der Waals surface area contributed by atoms with Crippen molar-refractivity contribution < 1.29 is 57.5 Å². The summed E-state index contributed by atoms with van der Waals surface area (Å²) in [6, 6.07) is -1.27. The molecule has 27 heavy (non-hydrogen) atoms. The summed E-state index contributed by atoms with van der Waals surface area (Å²) in [4.78, 5) is 10.4. The van der Waals surface area contributed by atoms with Crippen molar-refractivity contribution in [3.8, 4) is 0 Å². The molecule has 1 aromatic carbocycles. The predicted octanol–water partition coefficient (Wildman–Crippen LogP) is 5.96. The molecule has 154 valence electrons. The van der Waals surface area contributed by atoms with Crippen molar-refractivity contribution in [3.05, 3.63) is 27.7 Å². The van der Waals surface area contributed by atoms with Crippen LogP contribution >= 0.6 is 15.9 Å². The zero-order valence-electron chi connectivity index (χ0n) is 12.1. The number of halogens is 13. The van der Waals surface area contributed by atoms with E-state index in [1.807, 2.05) is 0 Å². The lowest BCUT2D eigenvalue weighted by molar-refractivity contribution is -0.348. The summed E-state index contributed by atoms with van der Waals surface area (Å²) < 4.78 is 154. The molecule has 1 amide bonds. The molecule has 1 rings (SSSR count). The van der Waals surface area contributed by atoms with E-state index < -0.39 is 63.9 Å². The smallest absolute Gasteiger partial charge is 0.327 e. The Hall–Kier alpha value is -1.67. The van der Waals surface area contributed by atoms with Gasteiger partial charge >= 0.3 is 30.1 Å². The second-order valence-corrected chi connectivity index (χ2v) is 5.72. The van der Waals surface area contributed by atoms with E-state index in [1.165, 1.54) is 5.32 Å². The summed E-state index contributed by atoms with van der Waals surface area (Å²) in [5.74, 6) is -6.03. The molecule has 1 aromatic rings. The lowest BCUT2D eigenvalue weighted by Crippen LogP contribution is -2.50. The van der Waals surface area contributed by atoms with Gasteiger partial charge in [-0.15, -0.1) is 0 Å². The van der Waals surface area contributed by atoms with E-state index in [9.17, 15) is 57.5 Å². The first-order valence-corrected chi connectivity index (χ1v) is 6.93. The van der Waals surface area contributed by atoms with Crippen molar-refractivity contribution in [2.45, 2.75) is 30.1 Å². The molecular weight excluding hydrogens is 482 g/mol. The van der Waals surface area contributed by atoms with Crippen molar-refractivity contribution in [1.82, 2.24) is 0 Å². The quantitative estimate of drug-likeness (QED) is 0.413. The van der Waals surface area contributed by atoms with Crippen molar-refractivity contribution in [1.29, 1.82) is 0 Å². The average molecular weight is 486 g/mol. The van der Waals surface area contributed by atoms with E-state index >= 15 is 0 Å². The van der Waals surface area contributed by atoms with E-state index in [2.05, 4.69) is 15.9 Å². The van der Waals surface area contributed by atoms with Crippen molar-refractivity contribution in [2.75, 3.05) is 5.32 Å². The van der Waals surface area contributed by atoms with Gasteiger partial charge in [-0.2, -0.15) is 48.3 Å². The Morgan fingerprint density at radius 1 is 0.778 bits per heavy atom. The largest absolute Gasteiger partial charge is 0.458 e. The number of anilines is 1. The van der Waals surface area contributed by atoms with Crippen molar-refractivity contribution >= 4 is 28.0 Å². The number of carbonyl (C=O) groups is 1. The summed E-state index contributed by atoms with van der Waals surface area (Å²) in [6.45, 7) is 0. The van der Waals surface area contributed by atoms with E-state index in [0.717, 1.165) is 0 Å². The van der Waals surface area contributed by atoms with Gasteiger partial charge in [-0.05, 0) is 28.1 Å². The first kappa shape index (κ1) is 23.4. The molecule has 15 heteroatoms. The number of benzene rings is 1. The van der Waals surface area contributed by atoms with Crippen LogP contribution < -0.4 is 5.32 Å². The summed E-state index contributed by atoms with van der Waals surface area (Å²) in [7, 11) is 0. The van der Waals surface area contributed by atoms with Gasteiger partial charge in [0.15, 0.2) is 0 Å². The van der Waals surface area contributed by atoms with Crippen LogP contribution in [-0.4, -0.2) is 24.9 Å². The second kappa shape index (κ2) is 6.74. The molecule has 0 radical (unpaired) electrons. The van der Waals surface area contributed by atoms with Gasteiger partial charge in [0.1, 0.15) is 0 Å². The molecule has 0 aliphatic carbocycles. The SMILES string of the molecule is O=CNc1c(Br)cc(C(F)(C(F)(F)F)C(F)(F)F)cc1C(F)(F)C(F)(F)F. The molecular formula is C12H4BrF12NO. The standard InChI is InChI=1S/C12H4BrF12NO/c13-6-2-4(8(14,10(17,18)19)11(20,21)22)1-5(7(6)26-3-27)9(15,16)12(23,24)25/h1-3H,(H,26,27). The summed E-state index contributed by atoms with van der Waals surface area (Å²) in [5, 5.41) is 1.29. The van der Waals surface area contributed by atoms with Gasteiger partial charge in [-0.25, -0.2) is 4.39 Å². The van der Waals surface area contributed by atoms with Crippen molar-refractivity contribution in [2.24, 2.45) is 0 Å². The highest BCUT2D eigenvalue weighted by molar-refractivity contribution is 9.10. The number of rotatable bonds is 4. The van der Waals surface area contributed by atoms with Crippen LogP contribution in [0.3, 0.4) is 0 Å². The second-order valence-electron chi connectivity index (χ2n) is 4.87. The Kier molecular flexibility index (Phi) is 5.83. The maximum Gasteiger partial charge on any atom is 0.458 e. The number of carbonyl (C=O) groups excluding carboxylic acids is 1. The molecule has 0 saturated carbocycles. The highest BCUT2D eigenvalue weighted by Crippen LogP contribution is 2.56. The fourth-order valence-corrected chi connectivity index (χ4v) is 2.47. The van der Waals surface area contributed by atoms with Gasteiger partial charge in [-0.3, -0.25) is 4.79 Å². The average Bonchev–Trinajstić information content (AvgIpc) is 2.44. The Bertz CT molecular complexity index is 707. The van der Waals surface area contributed by atoms with Gasteiger partial charge < -0.3 is 5.32 Å². The Morgan fingerprint density at radius 2 is 1.22 bits per heavy atom. The van der Waals surface area contributed by atoms with Gasteiger partial charge in [0.05, 0.1) is 11.3 Å². The van der Waals surface area contributed by atoms with Crippen LogP contribution in [0, 0.1) is 0 Å². The molecule has 0 spiro atoms. The Morgan fingerprint density at radius 3 is 1.56 bits per heavy atom. The number of hydrogen-bond donors (Lipinski definition) is 1. The number of nitrogens with one attached hydrogen (secondary N) is 1. The van der Waals surface area contributed by atoms with E-state index in [0.29, 0.717) is 0 Å². The lowest BCUT2D eigenvalue weighted by Gasteiger charge is -2.32. The minimum atomic E-state index is -6.75. The highest BCUT2D eigenvalue weighted by Gasteiger charge is 2.74. The van der Waals surface area contributed by atoms with Crippen LogP contribution in [0.25, 0.3) is 0 Å². The van der Waals surface area contributed by atoms with Crippen LogP contribution in [0.1, 0.15) is 11.1 Å². The molecule has 0 saturated heterocycles. The molecule has 2 nitrogen and oxygen atoms in total. The highest BCUT2D eigenvalue weighted by atomic mass is 79.9. The van der Waals surface area contributed by atoms with Gasteiger partial charge in [0, 0.05) is 10.0 Å². The molecule has 0 unspecified atom stereocenters. The normalized spacial score (nSPS) is 14.3. The number of amides is 1. The molecule has 1 N–H and O–H groups in total. The first-order chi connectivity index (χ1) is 11.8. The third-order valence-electron chi connectivity index (χ3n) is 3.17. The van der Waals surface area contributed by atoms with Gasteiger partial charge in [-0.1, -0.05) is 0 Å². The van der Waals surface area contributed by atoms with Crippen LogP contribution in [0.4, 0.5) is 58.4 Å².